The summed E-state index contributed by atoms with van der Waals surface area (Å²) in [6, 6.07) is 12.3. The maximum absolute atomic E-state index is 13.1. The lowest BCUT2D eigenvalue weighted by molar-refractivity contribution is -0.121. The van der Waals surface area contributed by atoms with Gasteiger partial charge < -0.3 is 20.9 Å². The molecule has 0 saturated carbocycles. The first-order chi connectivity index (χ1) is 19.4. The van der Waals surface area contributed by atoms with Crippen molar-refractivity contribution in [2.24, 2.45) is 0 Å². The average molecular weight is 547 g/mol. The topological polar surface area (TPSA) is 122 Å². The molecule has 3 heterocycles. The fourth-order valence-electron chi connectivity index (χ4n) is 5.61. The molecule has 9 heteroatoms. The summed E-state index contributed by atoms with van der Waals surface area (Å²) >= 11 is 0. The fourth-order valence-corrected chi connectivity index (χ4v) is 5.61. The molecule has 0 aliphatic carbocycles. The van der Waals surface area contributed by atoms with Crippen LogP contribution >= 0.6 is 0 Å². The van der Waals surface area contributed by atoms with Crippen LogP contribution in [0.25, 0.3) is 22.3 Å². The van der Waals surface area contributed by atoms with Gasteiger partial charge in [-0.25, -0.2) is 4.98 Å². The van der Waals surface area contributed by atoms with E-state index < -0.39 is 0 Å². The Morgan fingerprint density at radius 3 is 2.52 bits per heavy atom. The van der Waals surface area contributed by atoms with Crippen LogP contribution < -0.4 is 21.8 Å². The zero-order valence-electron chi connectivity index (χ0n) is 24.0. The molecule has 4 rings (SSSR count). The number of carbonyl (C=O) groups excluding carboxylic acids is 2. The Kier molecular flexibility index (Phi) is 9.93. The molecule has 1 fully saturated rings. The van der Waals surface area contributed by atoms with E-state index in [1.807, 2.05) is 25.1 Å². The Morgan fingerprint density at radius 2 is 1.82 bits per heavy atom. The van der Waals surface area contributed by atoms with Crippen LogP contribution in [0, 0.1) is 0 Å². The van der Waals surface area contributed by atoms with Crippen molar-refractivity contribution in [2.75, 3.05) is 32.4 Å². The van der Waals surface area contributed by atoms with Crippen molar-refractivity contribution >= 4 is 28.7 Å². The first kappa shape index (κ1) is 29.3. The standard InChI is InChI=1S/C31H42N6O3/c1-4-36-18-8-10-23(36)20-34-27(38)11-7-6-9-21-12-14-22(15-13-21)26-17-16-24-29(40)25(19-28(39)33-3)30(32)37(5-2)31(24)35-26/h12-17,23H,4-11,18-20,32H2,1-3H3,(H,33,39)(H,34,38). The van der Waals surface area contributed by atoms with E-state index in [4.69, 9.17) is 10.7 Å². The van der Waals surface area contributed by atoms with Crippen molar-refractivity contribution < 1.29 is 9.59 Å². The Bertz CT molecular complexity index is 1400. The fraction of sp³-hybridized carbons (Fsp3) is 0.484. The minimum atomic E-state index is -0.262. The van der Waals surface area contributed by atoms with E-state index in [1.165, 1.54) is 25.5 Å². The Morgan fingerprint density at radius 1 is 1.05 bits per heavy atom. The predicted molar refractivity (Wildman–Crippen MR) is 160 cm³/mol. The van der Waals surface area contributed by atoms with E-state index >= 15 is 0 Å². The van der Waals surface area contributed by atoms with E-state index in [0.29, 0.717) is 35.6 Å². The Hall–Kier alpha value is -3.72. The zero-order valence-corrected chi connectivity index (χ0v) is 24.0. The highest BCUT2D eigenvalue weighted by Gasteiger charge is 2.23. The second-order valence-corrected chi connectivity index (χ2v) is 10.5. The van der Waals surface area contributed by atoms with Crippen LogP contribution in [0.15, 0.2) is 41.2 Å². The number of pyridine rings is 2. The number of hydrogen-bond acceptors (Lipinski definition) is 6. The van der Waals surface area contributed by atoms with Crippen molar-refractivity contribution in [1.82, 2.24) is 25.1 Å². The highest BCUT2D eigenvalue weighted by Crippen LogP contribution is 2.24. The van der Waals surface area contributed by atoms with Gasteiger partial charge in [0, 0.05) is 43.7 Å². The number of aryl methyl sites for hydroxylation is 2. The van der Waals surface area contributed by atoms with Gasteiger partial charge in [-0.05, 0) is 69.8 Å². The number of anilines is 1. The summed E-state index contributed by atoms with van der Waals surface area (Å²) < 4.78 is 1.79. The summed E-state index contributed by atoms with van der Waals surface area (Å²) in [4.78, 5) is 44.6. The average Bonchev–Trinajstić information content (AvgIpc) is 3.44. The van der Waals surface area contributed by atoms with Crippen LogP contribution in [0.2, 0.25) is 0 Å². The Labute approximate surface area is 236 Å². The molecule has 2 aromatic heterocycles. The van der Waals surface area contributed by atoms with Gasteiger partial charge in [0.05, 0.1) is 17.5 Å². The highest BCUT2D eigenvalue weighted by molar-refractivity contribution is 5.85. The Balaban J connectivity index is 1.36. The van der Waals surface area contributed by atoms with Crippen LogP contribution in [0.1, 0.15) is 57.1 Å². The van der Waals surface area contributed by atoms with E-state index in [0.717, 1.165) is 50.2 Å². The number of nitrogens with zero attached hydrogens (tertiary/aromatic N) is 3. The number of benzene rings is 1. The van der Waals surface area contributed by atoms with Crippen LogP contribution in [-0.2, 0) is 29.0 Å². The van der Waals surface area contributed by atoms with E-state index in [1.54, 1.807) is 10.6 Å². The van der Waals surface area contributed by atoms with E-state index in [2.05, 4.69) is 34.6 Å². The SMILES string of the molecule is CCN1CCCC1CNC(=O)CCCCc1ccc(-c2ccc3c(=O)c(CC(=O)NC)c(N)n(CC)c3n2)cc1. The first-order valence-corrected chi connectivity index (χ1v) is 14.5. The second kappa shape index (κ2) is 13.6. The van der Waals surface area contributed by atoms with Crippen LogP contribution in [0.5, 0.6) is 0 Å². The smallest absolute Gasteiger partial charge is 0.224 e. The molecule has 0 bridgehead atoms. The summed E-state index contributed by atoms with van der Waals surface area (Å²) in [6.07, 6.45) is 5.61. The molecule has 1 saturated heterocycles. The molecule has 3 aromatic rings. The molecular formula is C31H42N6O3. The van der Waals surface area contributed by atoms with Crippen molar-refractivity contribution in [3.8, 4) is 11.3 Å². The third-order valence-corrected chi connectivity index (χ3v) is 7.99. The van der Waals surface area contributed by atoms with Gasteiger partial charge >= 0.3 is 0 Å². The molecule has 1 unspecified atom stereocenters. The zero-order chi connectivity index (χ0) is 28.6. The normalized spacial score (nSPS) is 15.4. The lowest BCUT2D eigenvalue weighted by atomic mass is 10.0. The van der Waals surface area contributed by atoms with Gasteiger partial charge in [-0.3, -0.25) is 19.3 Å². The molecule has 4 N–H and O–H groups in total. The number of nitrogens with two attached hydrogens (primary N) is 1. The maximum atomic E-state index is 13.1. The van der Waals surface area contributed by atoms with Gasteiger partial charge in [0.1, 0.15) is 11.5 Å². The molecule has 40 heavy (non-hydrogen) atoms. The maximum Gasteiger partial charge on any atom is 0.224 e. The number of rotatable bonds is 12. The van der Waals surface area contributed by atoms with Crippen molar-refractivity contribution in [3.63, 3.8) is 0 Å². The molecule has 214 valence electrons. The van der Waals surface area contributed by atoms with Crippen molar-refractivity contribution in [1.29, 1.82) is 0 Å². The largest absolute Gasteiger partial charge is 0.385 e. The predicted octanol–water partition coefficient (Wildman–Crippen LogP) is 3.27. The third-order valence-electron chi connectivity index (χ3n) is 7.99. The van der Waals surface area contributed by atoms with E-state index in [9.17, 15) is 14.4 Å². The van der Waals surface area contributed by atoms with Crippen LogP contribution in [0.4, 0.5) is 5.82 Å². The van der Waals surface area contributed by atoms with Gasteiger partial charge in [0.2, 0.25) is 11.8 Å². The monoisotopic (exact) mass is 546 g/mol. The number of hydrogen-bond donors (Lipinski definition) is 3. The van der Waals surface area contributed by atoms with Crippen LogP contribution in [-0.4, -0.2) is 59.0 Å². The van der Waals surface area contributed by atoms with Gasteiger partial charge in [0.25, 0.3) is 0 Å². The summed E-state index contributed by atoms with van der Waals surface area (Å²) in [5.41, 5.74) is 9.78. The number of nitrogen functional groups attached to an aromatic ring is 1. The van der Waals surface area contributed by atoms with Gasteiger partial charge in [-0.1, -0.05) is 31.2 Å². The number of likely N-dealkylation sites (N-methyl/N-ethyl adjacent to an activating group) is 2. The minimum absolute atomic E-state index is 0.0663. The summed E-state index contributed by atoms with van der Waals surface area (Å²) in [5, 5.41) is 6.12. The molecular weight excluding hydrogens is 504 g/mol. The van der Waals surface area contributed by atoms with Gasteiger partial charge in [-0.15, -0.1) is 0 Å². The minimum Gasteiger partial charge on any atom is -0.385 e. The van der Waals surface area contributed by atoms with Crippen molar-refractivity contribution in [3.05, 3.63) is 57.7 Å². The molecule has 1 aliphatic heterocycles. The molecule has 1 aromatic carbocycles. The number of carbonyl (C=O) groups is 2. The molecule has 0 spiro atoms. The van der Waals surface area contributed by atoms with Gasteiger partial charge in [-0.2, -0.15) is 0 Å². The number of aromatic nitrogens is 2. The molecule has 9 nitrogen and oxygen atoms in total. The third kappa shape index (κ3) is 6.70. The number of unbranched alkanes of at least 4 members (excludes halogenated alkanes) is 1. The quantitative estimate of drug-likeness (QED) is 0.300. The van der Waals surface area contributed by atoms with E-state index in [-0.39, 0.29) is 29.5 Å². The van der Waals surface area contributed by atoms with Crippen LogP contribution in [0.3, 0.4) is 0 Å². The summed E-state index contributed by atoms with van der Waals surface area (Å²) in [7, 11) is 1.54. The lowest BCUT2D eigenvalue weighted by Crippen LogP contribution is -2.39. The first-order valence-electron chi connectivity index (χ1n) is 14.5. The number of nitrogens with one attached hydrogen (secondary N) is 2. The molecule has 2 amide bonds. The number of likely N-dealkylation sites (tertiary alicyclic amines) is 1. The number of amides is 2. The highest BCUT2D eigenvalue weighted by atomic mass is 16.2. The molecule has 1 atom stereocenters. The second-order valence-electron chi connectivity index (χ2n) is 10.5. The summed E-state index contributed by atoms with van der Waals surface area (Å²) in [5.74, 6) is 0.160. The summed E-state index contributed by atoms with van der Waals surface area (Å²) in [6.45, 7) is 7.59. The lowest BCUT2D eigenvalue weighted by Gasteiger charge is -2.22. The molecule has 1 aliphatic rings. The molecule has 0 radical (unpaired) electrons. The van der Waals surface area contributed by atoms with Crippen molar-refractivity contribution in [2.45, 2.75) is 71.4 Å². The van der Waals surface area contributed by atoms with Gasteiger partial charge in [0.15, 0.2) is 5.43 Å². The number of fused-ring (bicyclic) bond motifs is 1.